The zero-order valence-corrected chi connectivity index (χ0v) is 21.5. The van der Waals surface area contributed by atoms with Crippen molar-refractivity contribution in [2.24, 2.45) is 0 Å². The molecule has 0 aliphatic heterocycles. The van der Waals surface area contributed by atoms with Crippen LogP contribution in [0.3, 0.4) is 0 Å². The SMILES string of the molecule is CC(C)(C)n1nc(NC(=O)OCc2ccccc2)cc1[C@H]1CC[C@@H](OC(=O)Oc2ccc([N+](=O)[O-])cc2)C1. The van der Waals surface area contributed by atoms with E-state index in [-0.39, 0.29) is 35.6 Å². The Balaban J connectivity index is 1.35. The Labute approximate surface area is 219 Å². The second-order valence-corrected chi connectivity index (χ2v) is 10.1. The molecule has 11 nitrogen and oxygen atoms in total. The van der Waals surface area contributed by atoms with Gasteiger partial charge in [0.2, 0.25) is 0 Å². The maximum Gasteiger partial charge on any atom is 0.514 e. The molecule has 0 radical (unpaired) electrons. The molecule has 11 heteroatoms. The lowest BCUT2D eigenvalue weighted by Crippen LogP contribution is -2.26. The number of carbonyl (C=O) groups excluding carboxylic acids is 2. The quantitative estimate of drug-likeness (QED) is 0.169. The molecule has 200 valence electrons. The van der Waals surface area contributed by atoms with Crippen molar-refractivity contribution in [3.63, 3.8) is 0 Å². The normalized spacial score (nSPS) is 17.0. The monoisotopic (exact) mass is 522 g/mol. The molecular weight excluding hydrogens is 492 g/mol. The van der Waals surface area contributed by atoms with Crippen LogP contribution in [-0.4, -0.2) is 33.1 Å². The molecule has 1 amide bonds. The van der Waals surface area contributed by atoms with Gasteiger partial charge in [-0.15, -0.1) is 0 Å². The predicted octanol–water partition coefficient (Wildman–Crippen LogP) is 6.15. The van der Waals surface area contributed by atoms with Crippen LogP contribution in [0.5, 0.6) is 5.75 Å². The number of anilines is 1. The lowest BCUT2D eigenvalue weighted by Gasteiger charge is -2.24. The van der Waals surface area contributed by atoms with E-state index in [4.69, 9.17) is 14.2 Å². The van der Waals surface area contributed by atoms with Crippen LogP contribution in [0.1, 0.15) is 57.2 Å². The highest BCUT2D eigenvalue weighted by molar-refractivity contribution is 5.83. The first-order valence-corrected chi connectivity index (χ1v) is 12.3. The van der Waals surface area contributed by atoms with Crippen LogP contribution < -0.4 is 10.1 Å². The molecule has 0 saturated heterocycles. The van der Waals surface area contributed by atoms with Gasteiger partial charge in [-0.25, -0.2) is 9.59 Å². The number of nitrogens with one attached hydrogen (secondary N) is 1. The standard InChI is InChI=1S/C27H30N4O7/c1-27(2,3)30-23(16-24(29-30)28-25(32)36-17-18-7-5-4-6-8-18)19-9-12-22(15-19)38-26(33)37-21-13-10-20(11-14-21)31(34)35/h4-8,10-11,13-14,16,19,22H,9,12,15,17H2,1-3H3,(H,28,29,32)/t19-,22+/m0/s1. The third kappa shape index (κ3) is 6.87. The molecule has 1 fully saturated rings. The molecule has 1 N–H and O–H groups in total. The van der Waals surface area contributed by atoms with Crippen molar-refractivity contribution >= 4 is 23.8 Å². The molecular formula is C27H30N4O7. The number of benzene rings is 2. The van der Waals surface area contributed by atoms with Gasteiger partial charge in [0.15, 0.2) is 5.82 Å². The molecule has 0 bridgehead atoms. The molecule has 1 aliphatic rings. The summed E-state index contributed by atoms with van der Waals surface area (Å²) < 4.78 is 17.9. The number of nitrogens with zero attached hydrogens (tertiary/aromatic N) is 3. The van der Waals surface area contributed by atoms with Gasteiger partial charge in [0.25, 0.3) is 5.69 Å². The number of carbonyl (C=O) groups is 2. The van der Waals surface area contributed by atoms with Crippen molar-refractivity contribution in [1.82, 2.24) is 9.78 Å². The summed E-state index contributed by atoms with van der Waals surface area (Å²) in [7, 11) is 0. The Hall–Kier alpha value is -4.41. The Morgan fingerprint density at radius 3 is 2.47 bits per heavy atom. The summed E-state index contributed by atoms with van der Waals surface area (Å²) in [6, 6.07) is 16.4. The second kappa shape index (κ2) is 11.3. The number of hydrogen-bond donors (Lipinski definition) is 1. The molecule has 4 rings (SSSR count). The minimum atomic E-state index is -0.864. The summed E-state index contributed by atoms with van der Waals surface area (Å²) in [6.45, 7) is 6.21. The molecule has 3 aromatic rings. The van der Waals surface area contributed by atoms with E-state index in [0.29, 0.717) is 18.7 Å². The molecule has 0 unspecified atom stereocenters. The van der Waals surface area contributed by atoms with Gasteiger partial charge in [-0.05, 0) is 57.7 Å². The summed E-state index contributed by atoms with van der Waals surface area (Å²) in [5, 5.41) is 18.1. The average molecular weight is 523 g/mol. The van der Waals surface area contributed by atoms with Crippen molar-refractivity contribution in [2.45, 2.75) is 64.2 Å². The van der Waals surface area contributed by atoms with Gasteiger partial charge in [0, 0.05) is 29.8 Å². The van der Waals surface area contributed by atoms with E-state index in [9.17, 15) is 19.7 Å². The fourth-order valence-corrected chi connectivity index (χ4v) is 4.36. The summed E-state index contributed by atoms with van der Waals surface area (Å²) in [6.07, 6.45) is 0.139. The maximum atomic E-state index is 12.4. The molecule has 2 aromatic carbocycles. The first-order valence-electron chi connectivity index (χ1n) is 12.3. The third-order valence-corrected chi connectivity index (χ3v) is 6.13. The van der Waals surface area contributed by atoms with Gasteiger partial charge in [-0.3, -0.25) is 20.1 Å². The van der Waals surface area contributed by atoms with E-state index in [1.807, 2.05) is 61.9 Å². The van der Waals surface area contributed by atoms with Crippen LogP contribution in [0.15, 0.2) is 60.7 Å². The van der Waals surface area contributed by atoms with Crippen LogP contribution in [0, 0.1) is 10.1 Å². The molecule has 38 heavy (non-hydrogen) atoms. The highest BCUT2D eigenvalue weighted by atomic mass is 16.7. The van der Waals surface area contributed by atoms with Crippen molar-refractivity contribution in [1.29, 1.82) is 0 Å². The van der Waals surface area contributed by atoms with Gasteiger partial charge in [-0.1, -0.05) is 30.3 Å². The van der Waals surface area contributed by atoms with E-state index >= 15 is 0 Å². The van der Waals surface area contributed by atoms with Crippen molar-refractivity contribution in [3.8, 4) is 5.75 Å². The van der Waals surface area contributed by atoms with Crippen molar-refractivity contribution in [3.05, 3.63) is 82.0 Å². The zero-order valence-electron chi connectivity index (χ0n) is 21.5. The lowest BCUT2D eigenvalue weighted by atomic mass is 10.0. The number of hydrogen-bond acceptors (Lipinski definition) is 8. The highest BCUT2D eigenvalue weighted by Gasteiger charge is 2.34. The largest absolute Gasteiger partial charge is 0.514 e. The average Bonchev–Trinajstić information content (AvgIpc) is 3.50. The van der Waals surface area contributed by atoms with Gasteiger partial charge < -0.3 is 14.2 Å². The van der Waals surface area contributed by atoms with Crippen LogP contribution in [0.25, 0.3) is 0 Å². The fraction of sp³-hybridized carbons (Fsp3) is 0.370. The molecule has 1 heterocycles. The zero-order chi connectivity index (χ0) is 27.3. The smallest absolute Gasteiger partial charge is 0.444 e. The third-order valence-electron chi connectivity index (χ3n) is 6.13. The Morgan fingerprint density at radius 2 is 1.82 bits per heavy atom. The summed E-state index contributed by atoms with van der Waals surface area (Å²) >= 11 is 0. The van der Waals surface area contributed by atoms with Crippen LogP contribution >= 0.6 is 0 Å². The molecule has 1 aliphatic carbocycles. The van der Waals surface area contributed by atoms with E-state index in [0.717, 1.165) is 17.7 Å². The van der Waals surface area contributed by atoms with E-state index in [1.165, 1.54) is 24.3 Å². The van der Waals surface area contributed by atoms with Crippen molar-refractivity contribution in [2.75, 3.05) is 5.32 Å². The van der Waals surface area contributed by atoms with E-state index in [1.54, 1.807) is 0 Å². The molecule has 0 spiro atoms. The number of aromatic nitrogens is 2. The van der Waals surface area contributed by atoms with Gasteiger partial charge in [-0.2, -0.15) is 5.10 Å². The van der Waals surface area contributed by atoms with Gasteiger partial charge >= 0.3 is 12.2 Å². The number of nitro groups is 1. The van der Waals surface area contributed by atoms with Gasteiger partial charge in [0.1, 0.15) is 18.5 Å². The van der Waals surface area contributed by atoms with Crippen molar-refractivity contribution < 1.29 is 28.7 Å². The number of non-ortho nitro benzene ring substituents is 1. The molecule has 1 saturated carbocycles. The second-order valence-electron chi connectivity index (χ2n) is 10.1. The Bertz CT molecular complexity index is 1280. The fourth-order valence-electron chi connectivity index (χ4n) is 4.36. The minimum Gasteiger partial charge on any atom is -0.444 e. The van der Waals surface area contributed by atoms with Crippen LogP contribution in [0.2, 0.25) is 0 Å². The number of rotatable bonds is 7. The first kappa shape index (κ1) is 26.6. The van der Waals surface area contributed by atoms with E-state index < -0.39 is 17.2 Å². The Morgan fingerprint density at radius 1 is 1.11 bits per heavy atom. The Kier molecular flexibility index (Phi) is 7.94. The molecule has 2 atom stereocenters. The topological polar surface area (TPSA) is 135 Å². The van der Waals surface area contributed by atoms with Gasteiger partial charge in [0.05, 0.1) is 10.5 Å². The first-order chi connectivity index (χ1) is 18.1. The van der Waals surface area contributed by atoms with Crippen LogP contribution in [-0.2, 0) is 21.6 Å². The maximum absolute atomic E-state index is 12.4. The van der Waals surface area contributed by atoms with E-state index in [2.05, 4.69) is 10.4 Å². The highest BCUT2D eigenvalue weighted by Crippen LogP contribution is 2.39. The molecule has 1 aromatic heterocycles. The predicted molar refractivity (Wildman–Crippen MR) is 138 cm³/mol. The van der Waals surface area contributed by atoms with Crippen LogP contribution in [0.4, 0.5) is 21.1 Å². The summed E-state index contributed by atoms with van der Waals surface area (Å²) in [4.78, 5) is 34.9. The minimum absolute atomic E-state index is 0.0507. The number of amides is 1. The summed E-state index contributed by atoms with van der Waals surface area (Å²) in [5.74, 6) is 0.598. The number of nitro benzene ring substituents is 1. The summed E-state index contributed by atoms with van der Waals surface area (Å²) in [5.41, 5.74) is 1.35. The lowest BCUT2D eigenvalue weighted by molar-refractivity contribution is -0.384. The number of ether oxygens (including phenoxy) is 3.